The Hall–Kier alpha value is -2.43. The quantitative estimate of drug-likeness (QED) is 0.781. The first kappa shape index (κ1) is 11.6. The van der Waals surface area contributed by atoms with Gasteiger partial charge in [0.15, 0.2) is 5.65 Å². The third kappa shape index (κ3) is 2.14. The lowest BCUT2D eigenvalue weighted by Crippen LogP contribution is -2.03. The van der Waals surface area contributed by atoms with Crippen molar-refractivity contribution in [2.45, 2.75) is 12.8 Å². The predicted molar refractivity (Wildman–Crippen MR) is 71.2 cm³/mol. The molecule has 3 rings (SSSR count). The first-order valence-corrected chi connectivity index (χ1v) is 6.07. The molecule has 0 radical (unpaired) electrons. The molecule has 0 spiro atoms. The van der Waals surface area contributed by atoms with Crippen LogP contribution in [0.5, 0.6) is 0 Å². The fourth-order valence-corrected chi connectivity index (χ4v) is 2.14. The molecule has 96 valence electrons. The number of aromatic nitrogens is 3. The molecule has 2 aromatic heterocycles. The van der Waals surface area contributed by atoms with Gasteiger partial charge in [0.1, 0.15) is 17.5 Å². The van der Waals surface area contributed by atoms with Gasteiger partial charge in [0, 0.05) is 6.42 Å². The zero-order valence-corrected chi connectivity index (χ0v) is 10.3. The first-order valence-electron chi connectivity index (χ1n) is 6.07. The van der Waals surface area contributed by atoms with Gasteiger partial charge >= 0.3 is 0 Å². The zero-order valence-electron chi connectivity index (χ0n) is 10.3. The highest BCUT2D eigenvalue weighted by molar-refractivity contribution is 5.47. The minimum absolute atomic E-state index is 0.190. The zero-order chi connectivity index (χ0) is 13.2. The molecule has 3 aromatic rings. The van der Waals surface area contributed by atoms with Gasteiger partial charge in [-0.25, -0.2) is 4.39 Å². The Kier molecular flexibility index (Phi) is 2.87. The van der Waals surface area contributed by atoms with E-state index in [1.54, 1.807) is 22.6 Å². The second-order valence-electron chi connectivity index (χ2n) is 4.35. The van der Waals surface area contributed by atoms with Gasteiger partial charge in [-0.15, -0.1) is 10.2 Å². The minimum Gasteiger partial charge on any atom is -0.385 e. The van der Waals surface area contributed by atoms with E-state index in [0.717, 1.165) is 5.82 Å². The van der Waals surface area contributed by atoms with Crippen LogP contribution < -0.4 is 5.73 Å². The molecule has 0 atom stereocenters. The molecule has 4 nitrogen and oxygen atoms in total. The number of nitrogens with zero attached hydrogens (tertiary/aromatic N) is 3. The molecule has 0 aliphatic heterocycles. The summed E-state index contributed by atoms with van der Waals surface area (Å²) in [5.41, 5.74) is 7.30. The number of fused-ring (bicyclic) bond motifs is 1. The monoisotopic (exact) mass is 256 g/mol. The number of pyridine rings is 1. The second-order valence-corrected chi connectivity index (χ2v) is 4.35. The normalized spacial score (nSPS) is 11.0. The van der Waals surface area contributed by atoms with Crippen LogP contribution in [0.15, 0.2) is 42.5 Å². The molecule has 2 heterocycles. The van der Waals surface area contributed by atoms with Crippen molar-refractivity contribution in [2.75, 3.05) is 5.73 Å². The average Bonchev–Trinajstić information content (AvgIpc) is 2.83. The third-order valence-electron chi connectivity index (χ3n) is 3.10. The van der Waals surface area contributed by atoms with Crippen LogP contribution in [-0.4, -0.2) is 14.6 Å². The molecule has 0 saturated heterocycles. The van der Waals surface area contributed by atoms with E-state index in [1.807, 2.05) is 18.2 Å². The van der Waals surface area contributed by atoms with Gasteiger partial charge in [-0.05, 0) is 30.2 Å². The number of nitrogens with two attached hydrogens (primary N) is 1. The van der Waals surface area contributed by atoms with Crippen LogP contribution in [-0.2, 0) is 12.8 Å². The Morgan fingerprint density at radius 3 is 2.68 bits per heavy atom. The second kappa shape index (κ2) is 4.68. The summed E-state index contributed by atoms with van der Waals surface area (Å²) in [6.45, 7) is 0. The van der Waals surface area contributed by atoms with Crippen molar-refractivity contribution < 1.29 is 4.39 Å². The Labute approximate surface area is 109 Å². The Balaban J connectivity index is 1.89. The van der Waals surface area contributed by atoms with Crippen LogP contribution in [0.3, 0.4) is 0 Å². The molecular formula is C14H13FN4. The highest BCUT2D eigenvalue weighted by Gasteiger charge is 2.09. The fourth-order valence-electron chi connectivity index (χ4n) is 2.14. The number of nitrogen functional groups attached to an aromatic ring is 1. The van der Waals surface area contributed by atoms with E-state index in [2.05, 4.69) is 10.2 Å². The van der Waals surface area contributed by atoms with Crippen molar-refractivity contribution in [3.8, 4) is 0 Å². The Morgan fingerprint density at radius 1 is 1.00 bits per heavy atom. The van der Waals surface area contributed by atoms with Crippen LogP contribution >= 0.6 is 0 Å². The van der Waals surface area contributed by atoms with E-state index in [0.29, 0.717) is 29.9 Å². The number of hydrogen-bond donors (Lipinski definition) is 1. The van der Waals surface area contributed by atoms with Gasteiger partial charge < -0.3 is 5.73 Å². The summed E-state index contributed by atoms with van der Waals surface area (Å²) in [6, 6.07) is 12.2. The maximum atomic E-state index is 13.5. The van der Waals surface area contributed by atoms with E-state index in [4.69, 9.17) is 5.73 Å². The van der Waals surface area contributed by atoms with Gasteiger partial charge in [-0.1, -0.05) is 24.3 Å². The fraction of sp³-hybridized carbons (Fsp3) is 0.143. The average molecular weight is 256 g/mol. The summed E-state index contributed by atoms with van der Waals surface area (Å²) in [6.07, 6.45) is 1.16. The van der Waals surface area contributed by atoms with Crippen molar-refractivity contribution in [2.24, 2.45) is 0 Å². The van der Waals surface area contributed by atoms with Crippen LogP contribution in [0, 0.1) is 5.82 Å². The third-order valence-corrected chi connectivity index (χ3v) is 3.10. The molecule has 19 heavy (non-hydrogen) atoms. The van der Waals surface area contributed by atoms with E-state index in [-0.39, 0.29) is 5.82 Å². The van der Waals surface area contributed by atoms with Gasteiger partial charge in [0.2, 0.25) is 0 Å². The maximum absolute atomic E-state index is 13.5. The standard InChI is InChI=1S/C14H13FN4/c15-11-5-2-1-4-10(11)8-9-14-18-17-13-7-3-6-12(16)19(13)14/h1-7H,8-9,16H2. The van der Waals surface area contributed by atoms with Crippen molar-refractivity contribution in [3.63, 3.8) is 0 Å². The molecule has 0 saturated carbocycles. The summed E-state index contributed by atoms with van der Waals surface area (Å²) in [4.78, 5) is 0. The summed E-state index contributed by atoms with van der Waals surface area (Å²) in [5, 5.41) is 8.16. The minimum atomic E-state index is -0.190. The molecule has 0 aliphatic rings. The largest absolute Gasteiger partial charge is 0.385 e. The van der Waals surface area contributed by atoms with E-state index >= 15 is 0 Å². The van der Waals surface area contributed by atoms with Crippen LogP contribution in [0.1, 0.15) is 11.4 Å². The topological polar surface area (TPSA) is 56.2 Å². The molecule has 5 heteroatoms. The Bertz CT molecular complexity index is 720. The van der Waals surface area contributed by atoms with Gasteiger partial charge in [0.05, 0.1) is 0 Å². The van der Waals surface area contributed by atoms with Crippen LogP contribution in [0.4, 0.5) is 10.2 Å². The lowest BCUT2D eigenvalue weighted by Gasteiger charge is -2.04. The summed E-state index contributed by atoms with van der Waals surface area (Å²) >= 11 is 0. The lowest BCUT2D eigenvalue weighted by atomic mass is 10.1. The van der Waals surface area contributed by atoms with Gasteiger partial charge in [0.25, 0.3) is 0 Å². The summed E-state index contributed by atoms with van der Waals surface area (Å²) in [5.74, 6) is 1.15. The van der Waals surface area contributed by atoms with Crippen molar-refractivity contribution in [1.29, 1.82) is 0 Å². The highest BCUT2D eigenvalue weighted by atomic mass is 19.1. The van der Waals surface area contributed by atoms with E-state index in [1.165, 1.54) is 6.07 Å². The molecule has 0 amide bonds. The van der Waals surface area contributed by atoms with Crippen molar-refractivity contribution in [1.82, 2.24) is 14.6 Å². The van der Waals surface area contributed by atoms with Gasteiger partial charge in [-0.3, -0.25) is 4.40 Å². The SMILES string of the molecule is Nc1cccc2nnc(CCc3ccccc3F)n12. The molecule has 0 aliphatic carbocycles. The summed E-state index contributed by atoms with van der Waals surface area (Å²) < 4.78 is 15.3. The number of rotatable bonds is 3. The smallest absolute Gasteiger partial charge is 0.162 e. The number of hydrogen-bond acceptors (Lipinski definition) is 3. The molecule has 1 aromatic carbocycles. The number of halogens is 1. The predicted octanol–water partition coefficient (Wildman–Crippen LogP) is 2.24. The van der Waals surface area contributed by atoms with Crippen molar-refractivity contribution in [3.05, 3.63) is 59.7 Å². The Morgan fingerprint density at radius 2 is 1.84 bits per heavy atom. The molecule has 2 N–H and O–H groups in total. The number of anilines is 1. The molecule has 0 bridgehead atoms. The van der Waals surface area contributed by atoms with Crippen molar-refractivity contribution >= 4 is 11.5 Å². The van der Waals surface area contributed by atoms with Crippen LogP contribution in [0.2, 0.25) is 0 Å². The summed E-state index contributed by atoms with van der Waals surface area (Å²) in [7, 11) is 0. The molecular weight excluding hydrogens is 243 g/mol. The molecule has 0 unspecified atom stereocenters. The maximum Gasteiger partial charge on any atom is 0.162 e. The van der Waals surface area contributed by atoms with Crippen LogP contribution in [0.25, 0.3) is 5.65 Å². The number of aryl methyl sites for hydroxylation is 2. The molecule has 0 fully saturated rings. The lowest BCUT2D eigenvalue weighted by molar-refractivity contribution is 0.607. The first-order chi connectivity index (χ1) is 9.25. The number of benzene rings is 1. The van der Waals surface area contributed by atoms with E-state index in [9.17, 15) is 4.39 Å². The van der Waals surface area contributed by atoms with Gasteiger partial charge in [-0.2, -0.15) is 0 Å². The van der Waals surface area contributed by atoms with E-state index < -0.39 is 0 Å². The highest BCUT2D eigenvalue weighted by Crippen LogP contribution is 2.14.